The highest BCUT2D eigenvalue weighted by Gasteiger charge is 2.23. The van der Waals surface area contributed by atoms with Gasteiger partial charge < -0.3 is 10.1 Å². The van der Waals surface area contributed by atoms with Crippen LogP contribution in [0.2, 0.25) is 0 Å². The first-order valence-electron chi connectivity index (χ1n) is 5.79. The first-order chi connectivity index (χ1) is 8.78. The van der Waals surface area contributed by atoms with Crippen LogP contribution in [0.4, 0.5) is 4.79 Å². The van der Waals surface area contributed by atoms with Crippen LogP contribution in [0.15, 0.2) is 24.5 Å². The second kappa shape index (κ2) is 6.12. The Morgan fingerprint density at radius 3 is 2.74 bits per heavy atom. The van der Waals surface area contributed by atoms with Gasteiger partial charge in [0.2, 0.25) is 6.54 Å². The van der Waals surface area contributed by atoms with E-state index in [9.17, 15) is 14.9 Å². The molecule has 1 N–H and O–H groups in total. The molecule has 1 aromatic heterocycles. The Bertz CT molecular complexity index is 442. The zero-order valence-corrected chi connectivity index (χ0v) is 11.1. The van der Waals surface area contributed by atoms with Crippen LogP contribution in [0.25, 0.3) is 0 Å². The highest BCUT2D eigenvalue weighted by molar-refractivity contribution is 5.68. The number of pyridine rings is 1. The fourth-order valence-electron chi connectivity index (χ4n) is 1.42. The molecular weight excluding hydrogens is 250 g/mol. The third-order valence-corrected chi connectivity index (χ3v) is 2.11. The van der Waals surface area contributed by atoms with E-state index in [0.717, 1.165) is 0 Å². The summed E-state index contributed by atoms with van der Waals surface area (Å²) in [7, 11) is 0. The Labute approximate surface area is 111 Å². The van der Waals surface area contributed by atoms with Crippen molar-refractivity contribution in [2.24, 2.45) is 0 Å². The highest BCUT2D eigenvalue weighted by atomic mass is 16.6. The van der Waals surface area contributed by atoms with Gasteiger partial charge in [-0.25, -0.2) is 4.79 Å². The molecule has 0 fully saturated rings. The van der Waals surface area contributed by atoms with Crippen molar-refractivity contribution in [1.82, 2.24) is 10.3 Å². The number of carbonyl (C=O) groups excluding carboxylic acids is 1. The quantitative estimate of drug-likeness (QED) is 0.664. The Morgan fingerprint density at radius 1 is 1.58 bits per heavy atom. The molecule has 0 aliphatic carbocycles. The number of hydrogen-bond acceptors (Lipinski definition) is 5. The second-order valence-corrected chi connectivity index (χ2v) is 5.00. The topological polar surface area (TPSA) is 94.4 Å². The smallest absolute Gasteiger partial charge is 0.408 e. The first-order valence-corrected chi connectivity index (χ1v) is 5.79. The molecule has 1 aromatic rings. The van der Waals surface area contributed by atoms with Crippen LogP contribution < -0.4 is 5.32 Å². The fraction of sp³-hybridized carbons (Fsp3) is 0.500. The van der Waals surface area contributed by atoms with Crippen molar-refractivity contribution in [3.63, 3.8) is 0 Å². The third-order valence-electron chi connectivity index (χ3n) is 2.11. The number of nitrogens with zero attached hydrogens (tertiary/aromatic N) is 2. The Kier molecular flexibility index (Phi) is 4.80. The normalized spacial score (nSPS) is 12.6. The van der Waals surface area contributed by atoms with Crippen molar-refractivity contribution < 1.29 is 14.5 Å². The number of nitrogens with one attached hydrogen (secondary N) is 1. The summed E-state index contributed by atoms with van der Waals surface area (Å²) in [6, 6.07) is 2.55. The van der Waals surface area contributed by atoms with Gasteiger partial charge >= 0.3 is 6.09 Å². The van der Waals surface area contributed by atoms with Crippen molar-refractivity contribution in [3.8, 4) is 0 Å². The predicted molar refractivity (Wildman–Crippen MR) is 68.2 cm³/mol. The predicted octanol–water partition coefficient (Wildman–Crippen LogP) is 1.92. The van der Waals surface area contributed by atoms with Gasteiger partial charge in [0, 0.05) is 17.3 Å². The van der Waals surface area contributed by atoms with Crippen molar-refractivity contribution >= 4 is 6.09 Å². The summed E-state index contributed by atoms with van der Waals surface area (Å²) in [6.07, 6.45) is 2.34. The van der Waals surface area contributed by atoms with E-state index in [1.165, 1.54) is 6.20 Å². The molecule has 0 saturated carbocycles. The average Bonchev–Trinajstić information content (AvgIpc) is 2.26. The Morgan fingerprint density at radius 2 is 2.26 bits per heavy atom. The van der Waals surface area contributed by atoms with E-state index in [-0.39, 0.29) is 0 Å². The number of amides is 1. The zero-order chi connectivity index (χ0) is 14.5. The molecule has 0 aromatic carbocycles. The summed E-state index contributed by atoms with van der Waals surface area (Å²) in [5.74, 6) is 0. The molecule has 19 heavy (non-hydrogen) atoms. The summed E-state index contributed by atoms with van der Waals surface area (Å²) < 4.78 is 5.08. The molecule has 1 rings (SSSR count). The van der Waals surface area contributed by atoms with Gasteiger partial charge in [0.1, 0.15) is 11.6 Å². The van der Waals surface area contributed by atoms with Crippen LogP contribution in [0.5, 0.6) is 0 Å². The molecule has 104 valence electrons. The summed E-state index contributed by atoms with van der Waals surface area (Å²) in [6.45, 7) is 4.74. The molecule has 0 saturated heterocycles. The van der Waals surface area contributed by atoms with Gasteiger partial charge in [0.25, 0.3) is 0 Å². The van der Waals surface area contributed by atoms with Crippen LogP contribution in [-0.4, -0.2) is 28.1 Å². The number of alkyl carbamates (subject to hydrolysis) is 1. The summed E-state index contributed by atoms with van der Waals surface area (Å²) >= 11 is 0. The van der Waals surface area contributed by atoms with Gasteiger partial charge in [-0.3, -0.25) is 15.1 Å². The number of ether oxygens (including phenoxy) is 1. The maximum atomic E-state index is 11.6. The van der Waals surface area contributed by atoms with Crippen molar-refractivity contribution in [1.29, 1.82) is 0 Å². The number of nitro groups is 1. The molecule has 0 aliphatic rings. The van der Waals surface area contributed by atoms with Crippen LogP contribution in [0.1, 0.15) is 32.4 Å². The molecule has 0 radical (unpaired) electrons. The van der Waals surface area contributed by atoms with Crippen molar-refractivity contribution in [2.45, 2.75) is 32.4 Å². The lowest BCUT2D eigenvalue weighted by Gasteiger charge is -2.22. The maximum Gasteiger partial charge on any atom is 0.408 e. The second-order valence-electron chi connectivity index (χ2n) is 5.00. The van der Waals surface area contributed by atoms with Crippen LogP contribution in [-0.2, 0) is 4.74 Å². The lowest BCUT2D eigenvalue weighted by molar-refractivity contribution is -0.484. The van der Waals surface area contributed by atoms with Gasteiger partial charge in [-0.1, -0.05) is 6.07 Å². The van der Waals surface area contributed by atoms with Gasteiger partial charge in [0.15, 0.2) is 0 Å². The third kappa shape index (κ3) is 5.80. The monoisotopic (exact) mass is 267 g/mol. The van der Waals surface area contributed by atoms with E-state index < -0.39 is 29.2 Å². The van der Waals surface area contributed by atoms with Gasteiger partial charge in [-0.2, -0.15) is 0 Å². The van der Waals surface area contributed by atoms with Crippen LogP contribution in [0, 0.1) is 10.1 Å². The molecular formula is C12H17N3O4. The number of rotatable bonds is 4. The standard InChI is InChI=1S/C12H17N3O4/c1-12(2,3)19-11(16)14-10(8-15(17)18)9-5-4-6-13-7-9/h4-7,10H,8H2,1-3H3,(H,14,16). The number of hydrogen-bond donors (Lipinski definition) is 1. The van der Waals surface area contributed by atoms with E-state index in [1.54, 1.807) is 39.1 Å². The van der Waals surface area contributed by atoms with Gasteiger partial charge in [-0.05, 0) is 32.4 Å². The fourth-order valence-corrected chi connectivity index (χ4v) is 1.42. The maximum absolute atomic E-state index is 11.6. The molecule has 1 atom stereocenters. The lowest BCUT2D eigenvalue weighted by atomic mass is 10.1. The van der Waals surface area contributed by atoms with Crippen molar-refractivity contribution in [3.05, 3.63) is 40.2 Å². The summed E-state index contributed by atoms with van der Waals surface area (Å²) in [5, 5.41) is 13.1. The van der Waals surface area contributed by atoms with Gasteiger partial charge in [-0.15, -0.1) is 0 Å². The zero-order valence-electron chi connectivity index (χ0n) is 11.1. The molecule has 1 amide bonds. The average molecular weight is 267 g/mol. The lowest BCUT2D eigenvalue weighted by Crippen LogP contribution is -2.37. The number of carbonyl (C=O) groups is 1. The van der Waals surface area contributed by atoms with Crippen molar-refractivity contribution in [2.75, 3.05) is 6.54 Å². The van der Waals surface area contributed by atoms with E-state index in [2.05, 4.69) is 10.3 Å². The number of aromatic nitrogens is 1. The summed E-state index contributed by atoms with van der Waals surface area (Å²) in [4.78, 5) is 25.7. The van der Waals surface area contributed by atoms with E-state index in [4.69, 9.17) is 4.74 Å². The Hall–Kier alpha value is -2.18. The molecule has 0 aliphatic heterocycles. The SMILES string of the molecule is CC(C)(C)OC(=O)NC(C[N+](=O)[O-])c1cccnc1. The molecule has 0 spiro atoms. The molecule has 0 bridgehead atoms. The largest absolute Gasteiger partial charge is 0.444 e. The Balaban J connectivity index is 2.76. The minimum absolute atomic E-state index is 0.426. The minimum Gasteiger partial charge on any atom is -0.444 e. The first kappa shape index (κ1) is 14.9. The van der Waals surface area contributed by atoms with E-state index in [1.807, 2.05) is 0 Å². The molecule has 1 unspecified atom stereocenters. The molecule has 7 heteroatoms. The van der Waals surface area contributed by atoms with Crippen LogP contribution >= 0.6 is 0 Å². The highest BCUT2D eigenvalue weighted by Crippen LogP contribution is 2.13. The molecule has 1 heterocycles. The van der Waals surface area contributed by atoms with Gasteiger partial charge in [0.05, 0.1) is 0 Å². The van der Waals surface area contributed by atoms with E-state index in [0.29, 0.717) is 5.56 Å². The minimum atomic E-state index is -0.765. The molecule has 7 nitrogen and oxygen atoms in total. The summed E-state index contributed by atoms with van der Waals surface area (Å²) in [5.41, 5.74) is -0.0943. The van der Waals surface area contributed by atoms with E-state index >= 15 is 0 Å². The van der Waals surface area contributed by atoms with Crippen LogP contribution in [0.3, 0.4) is 0 Å².